The van der Waals surface area contributed by atoms with Crippen LogP contribution in [-0.4, -0.2) is 45.5 Å². The molecule has 0 radical (unpaired) electrons. The van der Waals surface area contributed by atoms with Gasteiger partial charge in [-0.15, -0.1) is 0 Å². The first-order valence-electron chi connectivity index (χ1n) is 7.94. The average molecular weight is 327 g/mol. The van der Waals surface area contributed by atoms with Crippen molar-refractivity contribution in [1.82, 2.24) is 24.8 Å². The van der Waals surface area contributed by atoms with Crippen molar-refractivity contribution >= 4 is 22.2 Å². The summed E-state index contributed by atoms with van der Waals surface area (Å²) in [6.07, 6.45) is 1.86. The molecule has 0 amide bonds. The maximum atomic E-state index is 12.0. The van der Waals surface area contributed by atoms with Gasteiger partial charge >= 0.3 is 5.69 Å². The highest BCUT2D eigenvalue weighted by molar-refractivity contribution is 5.88. The second-order valence-corrected chi connectivity index (χ2v) is 6.41. The van der Waals surface area contributed by atoms with Gasteiger partial charge in [0.1, 0.15) is 0 Å². The molecular weight excluding hydrogens is 306 g/mol. The van der Waals surface area contributed by atoms with Crippen LogP contribution in [0.4, 0.5) is 0 Å². The molecule has 0 bridgehead atoms. The van der Waals surface area contributed by atoms with Gasteiger partial charge in [0.25, 0.3) is 5.56 Å². The lowest BCUT2D eigenvalue weighted by Gasteiger charge is -2.13. The van der Waals surface area contributed by atoms with Crippen LogP contribution in [0.15, 0.2) is 15.7 Å². The molecule has 0 saturated carbocycles. The Hall–Kier alpha value is -2.54. The van der Waals surface area contributed by atoms with E-state index in [2.05, 4.69) is 30.9 Å². The van der Waals surface area contributed by atoms with E-state index < -0.39 is 11.2 Å². The maximum Gasteiger partial charge on any atom is 0.327 e. The fourth-order valence-corrected chi connectivity index (χ4v) is 2.87. The molecule has 0 aliphatic rings. The minimum absolute atomic E-state index is 0.162. The van der Waals surface area contributed by atoms with Crippen molar-refractivity contribution in [2.24, 2.45) is 0 Å². The van der Waals surface area contributed by atoms with Gasteiger partial charge in [-0.1, -0.05) is 6.07 Å². The number of nitrogens with one attached hydrogen (secondary N) is 2. The van der Waals surface area contributed by atoms with Crippen LogP contribution < -0.4 is 11.2 Å². The van der Waals surface area contributed by atoms with Crippen LogP contribution in [0.3, 0.4) is 0 Å². The average Bonchev–Trinajstić information content (AvgIpc) is 2.50. The lowest BCUT2D eigenvalue weighted by molar-refractivity contribution is 0.400. The van der Waals surface area contributed by atoms with Gasteiger partial charge in [0.15, 0.2) is 11.2 Å². The molecule has 0 unspecified atom stereocenters. The molecule has 0 atom stereocenters. The van der Waals surface area contributed by atoms with Crippen LogP contribution >= 0.6 is 0 Å². The first-order valence-corrected chi connectivity index (χ1v) is 7.94. The van der Waals surface area contributed by atoms with E-state index in [9.17, 15) is 9.59 Å². The normalized spacial score (nSPS) is 11.7. The van der Waals surface area contributed by atoms with Crippen molar-refractivity contribution in [1.29, 1.82) is 0 Å². The molecule has 2 aromatic heterocycles. The number of nitrogens with zero attached hydrogens (tertiary/aromatic N) is 3. The summed E-state index contributed by atoms with van der Waals surface area (Å²) >= 11 is 0. The number of fused-ring (bicyclic) bond motifs is 2. The lowest BCUT2D eigenvalue weighted by Crippen LogP contribution is -2.23. The number of aryl methyl sites for hydroxylation is 3. The van der Waals surface area contributed by atoms with Crippen LogP contribution in [0, 0.1) is 13.8 Å². The Balaban J connectivity index is 2.25. The van der Waals surface area contributed by atoms with Gasteiger partial charge in [0, 0.05) is 0 Å². The summed E-state index contributed by atoms with van der Waals surface area (Å²) in [6, 6.07) is 2.12. The van der Waals surface area contributed by atoms with Gasteiger partial charge in [-0.3, -0.25) is 14.8 Å². The standard InChI is InChI=1S/C17H21N5O2/c1-9-8-11(6-5-7-22(3)4)13-12(10(9)2)18-14-15(19-13)20-17(24)21-16(14)23/h8H,5-7H2,1-4H3,(H2,19,20,21,23,24). The third-order valence-electron chi connectivity index (χ3n) is 4.26. The predicted octanol–water partition coefficient (Wildman–Crippen LogP) is 1.27. The topological polar surface area (TPSA) is 94.7 Å². The number of H-pyrrole nitrogens is 2. The van der Waals surface area contributed by atoms with Crippen molar-refractivity contribution in [2.45, 2.75) is 26.7 Å². The zero-order valence-electron chi connectivity index (χ0n) is 14.4. The largest absolute Gasteiger partial charge is 0.327 e. The molecule has 7 heteroatoms. The highest BCUT2D eigenvalue weighted by Gasteiger charge is 2.13. The summed E-state index contributed by atoms with van der Waals surface area (Å²) in [5, 5.41) is 0. The molecule has 0 aliphatic heterocycles. The molecular formula is C17H21N5O2. The molecule has 0 saturated heterocycles. The van der Waals surface area contributed by atoms with Gasteiger partial charge in [0.05, 0.1) is 11.0 Å². The number of aromatic nitrogens is 4. The van der Waals surface area contributed by atoms with Gasteiger partial charge in [-0.25, -0.2) is 14.8 Å². The zero-order chi connectivity index (χ0) is 17.4. The van der Waals surface area contributed by atoms with Crippen LogP contribution in [0.2, 0.25) is 0 Å². The van der Waals surface area contributed by atoms with Crippen molar-refractivity contribution < 1.29 is 0 Å². The van der Waals surface area contributed by atoms with Gasteiger partial charge in [0.2, 0.25) is 0 Å². The van der Waals surface area contributed by atoms with E-state index in [0.717, 1.165) is 47.1 Å². The second-order valence-electron chi connectivity index (χ2n) is 6.41. The summed E-state index contributed by atoms with van der Waals surface area (Å²) < 4.78 is 0. The predicted molar refractivity (Wildman–Crippen MR) is 94.6 cm³/mol. The Kier molecular flexibility index (Phi) is 4.19. The van der Waals surface area contributed by atoms with E-state index in [1.165, 1.54) is 0 Å². The van der Waals surface area contributed by atoms with Crippen molar-refractivity contribution in [3.05, 3.63) is 43.6 Å². The molecule has 1 aromatic carbocycles. The van der Waals surface area contributed by atoms with E-state index in [-0.39, 0.29) is 11.2 Å². The summed E-state index contributed by atoms with van der Waals surface area (Å²) in [5.41, 5.74) is 4.00. The second kappa shape index (κ2) is 6.16. The number of hydrogen-bond donors (Lipinski definition) is 2. The molecule has 3 rings (SSSR count). The van der Waals surface area contributed by atoms with E-state index >= 15 is 0 Å². The van der Waals surface area contributed by atoms with E-state index in [4.69, 9.17) is 0 Å². The van der Waals surface area contributed by atoms with E-state index in [1.54, 1.807) is 0 Å². The molecule has 0 fully saturated rings. The Labute approximate surface area is 138 Å². The fraction of sp³-hybridized carbons (Fsp3) is 0.412. The van der Waals surface area contributed by atoms with Crippen LogP contribution in [0.5, 0.6) is 0 Å². The summed E-state index contributed by atoms with van der Waals surface area (Å²) in [6.45, 7) is 4.99. The molecule has 0 spiro atoms. The molecule has 3 aromatic rings. The fourth-order valence-electron chi connectivity index (χ4n) is 2.87. The van der Waals surface area contributed by atoms with E-state index in [0.29, 0.717) is 0 Å². The zero-order valence-corrected chi connectivity index (χ0v) is 14.4. The molecule has 24 heavy (non-hydrogen) atoms. The van der Waals surface area contributed by atoms with E-state index in [1.807, 2.05) is 27.9 Å². The summed E-state index contributed by atoms with van der Waals surface area (Å²) in [7, 11) is 4.09. The molecule has 2 heterocycles. The van der Waals surface area contributed by atoms with Crippen LogP contribution in [0.1, 0.15) is 23.1 Å². The van der Waals surface area contributed by atoms with Gasteiger partial charge in [-0.2, -0.15) is 0 Å². The van der Waals surface area contributed by atoms with Crippen molar-refractivity contribution in [3.8, 4) is 0 Å². The highest BCUT2D eigenvalue weighted by Crippen LogP contribution is 2.24. The van der Waals surface area contributed by atoms with Crippen molar-refractivity contribution in [3.63, 3.8) is 0 Å². The smallest absolute Gasteiger partial charge is 0.309 e. The number of benzene rings is 1. The Bertz CT molecular complexity index is 1030. The Morgan fingerprint density at radius 3 is 2.50 bits per heavy atom. The summed E-state index contributed by atoms with van der Waals surface area (Å²) in [4.78, 5) is 39.4. The van der Waals surface area contributed by atoms with Crippen LogP contribution in [-0.2, 0) is 6.42 Å². The molecule has 126 valence electrons. The maximum absolute atomic E-state index is 12.0. The third kappa shape index (κ3) is 2.94. The minimum atomic E-state index is -0.570. The molecule has 2 N–H and O–H groups in total. The Morgan fingerprint density at radius 1 is 1.04 bits per heavy atom. The Morgan fingerprint density at radius 2 is 1.79 bits per heavy atom. The number of aromatic amines is 2. The SMILES string of the molecule is Cc1cc(CCCN(C)C)c2nc3[nH]c(=O)[nH]c(=O)c3nc2c1C. The third-order valence-corrected chi connectivity index (χ3v) is 4.26. The lowest BCUT2D eigenvalue weighted by atomic mass is 9.99. The molecule has 7 nitrogen and oxygen atoms in total. The first kappa shape index (κ1) is 16.3. The summed E-state index contributed by atoms with van der Waals surface area (Å²) in [5.74, 6) is 0. The first-order chi connectivity index (χ1) is 11.4. The minimum Gasteiger partial charge on any atom is -0.309 e. The quantitative estimate of drug-likeness (QED) is 0.704. The van der Waals surface area contributed by atoms with Crippen LogP contribution in [0.25, 0.3) is 22.2 Å². The number of rotatable bonds is 4. The highest BCUT2D eigenvalue weighted by atomic mass is 16.2. The monoisotopic (exact) mass is 327 g/mol. The number of hydrogen-bond acceptors (Lipinski definition) is 5. The van der Waals surface area contributed by atoms with Gasteiger partial charge < -0.3 is 4.90 Å². The van der Waals surface area contributed by atoms with Gasteiger partial charge in [-0.05, 0) is 64.0 Å². The van der Waals surface area contributed by atoms with Crippen molar-refractivity contribution in [2.75, 3.05) is 20.6 Å². The molecule has 0 aliphatic carbocycles.